The molecular weight excluding hydrogens is 414 g/mol. The van der Waals surface area contributed by atoms with Gasteiger partial charge in [-0.3, -0.25) is 4.79 Å². The van der Waals surface area contributed by atoms with E-state index in [1.54, 1.807) is 9.58 Å². The summed E-state index contributed by atoms with van der Waals surface area (Å²) in [4.78, 5) is 27.4. The fourth-order valence-corrected chi connectivity index (χ4v) is 3.33. The molecule has 182 valence electrons. The van der Waals surface area contributed by atoms with Crippen LogP contribution in [0.5, 0.6) is 0 Å². The van der Waals surface area contributed by atoms with Gasteiger partial charge < -0.3 is 15.5 Å². The maximum Gasteiger partial charge on any atom is 0.317 e. The molecule has 0 radical (unpaired) electrons. The van der Waals surface area contributed by atoms with Crippen LogP contribution in [0.3, 0.4) is 0 Å². The third-order valence-electron chi connectivity index (χ3n) is 5.49. The standard InChI is InChI=1S/C26H41N5O2/c1-8-9-15-27-25(33)30(16-14-19(2)3)18-24(32)28-23-17-22(26(5,6)7)29-31(23)21-13-11-10-12-20(21)4/h10-13,17,19H,8-9,14-16,18H2,1-7H3,(H,27,33)(H,28,32). The van der Waals surface area contributed by atoms with Crippen LogP contribution in [0.15, 0.2) is 30.3 Å². The summed E-state index contributed by atoms with van der Waals surface area (Å²) in [6.07, 6.45) is 2.76. The number of urea groups is 1. The second kappa shape index (κ2) is 11.9. The summed E-state index contributed by atoms with van der Waals surface area (Å²) in [7, 11) is 0. The lowest BCUT2D eigenvalue weighted by atomic mass is 9.92. The quantitative estimate of drug-likeness (QED) is 0.479. The van der Waals surface area contributed by atoms with Crippen LogP contribution >= 0.6 is 0 Å². The highest BCUT2D eigenvalue weighted by Gasteiger charge is 2.23. The summed E-state index contributed by atoms with van der Waals surface area (Å²) >= 11 is 0. The molecule has 1 aromatic heterocycles. The normalized spacial score (nSPS) is 11.5. The van der Waals surface area contributed by atoms with Crippen LogP contribution in [0.25, 0.3) is 5.69 Å². The van der Waals surface area contributed by atoms with E-state index in [1.165, 1.54) is 0 Å². The maximum absolute atomic E-state index is 13.1. The van der Waals surface area contributed by atoms with Crippen molar-refractivity contribution in [1.82, 2.24) is 20.0 Å². The van der Waals surface area contributed by atoms with Crippen molar-refractivity contribution in [3.63, 3.8) is 0 Å². The lowest BCUT2D eigenvalue weighted by molar-refractivity contribution is -0.116. The Balaban J connectivity index is 2.24. The summed E-state index contributed by atoms with van der Waals surface area (Å²) in [5, 5.41) is 10.7. The van der Waals surface area contributed by atoms with Crippen LogP contribution in [0.2, 0.25) is 0 Å². The summed E-state index contributed by atoms with van der Waals surface area (Å²) in [6, 6.07) is 9.68. The number of anilines is 1. The minimum Gasteiger partial charge on any atom is -0.338 e. The molecule has 0 aliphatic rings. The van der Waals surface area contributed by atoms with Gasteiger partial charge in [0.05, 0.1) is 11.4 Å². The van der Waals surface area contributed by atoms with Crippen molar-refractivity contribution in [2.75, 3.05) is 25.0 Å². The lowest BCUT2D eigenvalue weighted by Gasteiger charge is -2.23. The molecule has 0 aliphatic heterocycles. The molecule has 0 unspecified atom stereocenters. The molecule has 0 saturated heterocycles. The van der Waals surface area contributed by atoms with E-state index in [9.17, 15) is 9.59 Å². The van der Waals surface area contributed by atoms with Gasteiger partial charge in [-0.05, 0) is 37.3 Å². The Hall–Kier alpha value is -2.83. The van der Waals surface area contributed by atoms with Gasteiger partial charge in [-0.1, -0.05) is 66.2 Å². The van der Waals surface area contributed by atoms with Crippen molar-refractivity contribution in [2.45, 2.75) is 73.1 Å². The first kappa shape index (κ1) is 26.4. The first-order chi connectivity index (χ1) is 15.5. The molecule has 0 spiro atoms. The first-order valence-electron chi connectivity index (χ1n) is 12.0. The molecule has 3 amide bonds. The van der Waals surface area contributed by atoms with Gasteiger partial charge in [0, 0.05) is 24.6 Å². The number of carbonyl (C=O) groups excluding carboxylic acids is 2. The highest BCUT2D eigenvalue weighted by molar-refractivity contribution is 5.94. The number of hydrogen-bond donors (Lipinski definition) is 2. The Labute approximate surface area is 198 Å². The summed E-state index contributed by atoms with van der Waals surface area (Å²) < 4.78 is 1.79. The van der Waals surface area contributed by atoms with E-state index in [-0.39, 0.29) is 23.9 Å². The van der Waals surface area contributed by atoms with E-state index >= 15 is 0 Å². The number of nitrogens with one attached hydrogen (secondary N) is 2. The van der Waals surface area contributed by atoms with E-state index in [4.69, 9.17) is 5.10 Å². The number of amides is 3. The zero-order valence-electron chi connectivity index (χ0n) is 21.4. The summed E-state index contributed by atoms with van der Waals surface area (Å²) in [5.41, 5.74) is 2.69. The third kappa shape index (κ3) is 7.91. The number of unbranched alkanes of at least 4 members (excludes halogenated alkanes) is 1. The molecule has 2 N–H and O–H groups in total. The van der Waals surface area contributed by atoms with Crippen molar-refractivity contribution in [3.8, 4) is 5.69 Å². The molecule has 0 saturated carbocycles. The van der Waals surface area contributed by atoms with Gasteiger partial charge >= 0.3 is 6.03 Å². The van der Waals surface area contributed by atoms with E-state index in [2.05, 4.69) is 52.2 Å². The number of para-hydroxylation sites is 1. The number of nitrogens with zero attached hydrogens (tertiary/aromatic N) is 3. The minimum atomic E-state index is -0.236. The fraction of sp³-hybridized carbons (Fsp3) is 0.577. The number of hydrogen-bond acceptors (Lipinski definition) is 3. The average Bonchev–Trinajstić information content (AvgIpc) is 3.15. The number of benzene rings is 1. The summed E-state index contributed by atoms with van der Waals surface area (Å²) in [6.45, 7) is 15.8. The van der Waals surface area contributed by atoms with Crippen molar-refractivity contribution in [1.29, 1.82) is 0 Å². The van der Waals surface area contributed by atoms with Crippen LogP contribution in [-0.4, -0.2) is 46.3 Å². The van der Waals surface area contributed by atoms with E-state index in [0.717, 1.165) is 36.2 Å². The molecule has 0 fully saturated rings. The van der Waals surface area contributed by atoms with Crippen LogP contribution in [-0.2, 0) is 10.2 Å². The topological polar surface area (TPSA) is 79.3 Å². The Kier molecular flexibility index (Phi) is 9.50. The third-order valence-corrected chi connectivity index (χ3v) is 5.49. The fourth-order valence-electron chi connectivity index (χ4n) is 3.33. The van der Waals surface area contributed by atoms with Crippen molar-refractivity contribution in [3.05, 3.63) is 41.6 Å². The molecule has 7 nitrogen and oxygen atoms in total. The van der Waals surface area contributed by atoms with Gasteiger partial charge in [0.1, 0.15) is 12.4 Å². The number of rotatable bonds is 10. The number of aromatic nitrogens is 2. The van der Waals surface area contributed by atoms with Gasteiger partial charge in [-0.15, -0.1) is 0 Å². The van der Waals surface area contributed by atoms with Gasteiger partial charge in [0.15, 0.2) is 0 Å². The Morgan fingerprint density at radius 1 is 1.18 bits per heavy atom. The van der Waals surface area contributed by atoms with Crippen molar-refractivity contribution < 1.29 is 9.59 Å². The Morgan fingerprint density at radius 3 is 2.48 bits per heavy atom. The van der Waals surface area contributed by atoms with Gasteiger partial charge in [0.25, 0.3) is 0 Å². The molecule has 1 aromatic carbocycles. The maximum atomic E-state index is 13.1. The smallest absolute Gasteiger partial charge is 0.317 e. The SMILES string of the molecule is CCCCNC(=O)N(CCC(C)C)CC(=O)Nc1cc(C(C)(C)C)nn1-c1ccccc1C. The highest BCUT2D eigenvalue weighted by atomic mass is 16.2. The predicted octanol–water partition coefficient (Wildman–Crippen LogP) is 5.27. The largest absolute Gasteiger partial charge is 0.338 e. The molecular formula is C26H41N5O2. The Morgan fingerprint density at radius 2 is 1.88 bits per heavy atom. The Bertz CT molecular complexity index is 927. The second-order valence-corrected chi connectivity index (χ2v) is 10.1. The zero-order chi connectivity index (χ0) is 24.6. The molecule has 1 heterocycles. The molecule has 2 aromatic rings. The molecule has 0 bridgehead atoms. The van der Waals surface area contributed by atoms with Crippen molar-refractivity contribution in [2.24, 2.45) is 5.92 Å². The molecule has 0 aliphatic carbocycles. The number of aryl methyl sites for hydroxylation is 1. The lowest BCUT2D eigenvalue weighted by Crippen LogP contribution is -2.45. The minimum absolute atomic E-state index is 0.00547. The molecule has 2 rings (SSSR count). The average molecular weight is 456 g/mol. The van der Waals surface area contributed by atoms with Gasteiger partial charge in [-0.2, -0.15) is 5.10 Å². The second-order valence-electron chi connectivity index (χ2n) is 10.1. The van der Waals surface area contributed by atoms with E-state index in [1.807, 2.05) is 37.3 Å². The predicted molar refractivity (Wildman–Crippen MR) is 135 cm³/mol. The van der Waals surface area contributed by atoms with Crippen LogP contribution in [0.1, 0.15) is 72.1 Å². The van der Waals surface area contributed by atoms with Crippen LogP contribution in [0, 0.1) is 12.8 Å². The van der Waals surface area contributed by atoms with Crippen LogP contribution in [0.4, 0.5) is 10.6 Å². The first-order valence-corrected chi connectivity index (χ1v) is 12.0. The van der Waals surface area contributed by atoms with Crippen LogP contribution < -0.4 is 10.6 Å². The summed E-state index contributed by atoms with van der Waals surface area (Å²) in [5.74, 6) is 0.810. The molecule has 0 atom stereocenters. The van der Waals surface area contributed by atoms with E-state index in [0.29, 0.717) is 24.8 Å². The highest BCUT2D eigenvalue weighted by Crippen LogP contribution is 2.27. The number of carbonyl (C=O) groups is 2. The van der Waals surface area contributed by atoms with Gasteiger partial charge in [-0.25, -0.2) is 9.48 Å². The zero-order valence-corrected chi connectivity index (χ0v) is 21.4. The molecule has 7 heteroatoms. The van der Waals surface area contributed by atoms with E-state index < -0.39 is 0 Å². The van der Waals surface area contributed by atoms with Gasteiger partial charge in [0.2, 0.25) is 5.91 Å². The van der Waals surface area contributed by atoms with Crippen molar-refractivity contribution >= 4 is 17.8 Å². The monoisotopic (exact) mass is 455 g/mol. The molecule has 33 heavy (non-hydrogen) atoms.